The van der Waals surface area contributed by atoms with Crippen molar-refractivity contribution in [2.75, 3.05) is 11.9 Å². The second kappa shape index (κ2) is 6.49. The van der Waals surface area contributed by atoms with Crippen molar-refractivity contribution in [1.82, 2.24) is 15.0 Å². The molecule has 112 valence electrons. The molecule has 6 heteroatoms. The maximum Gasteiger partial charge on any atom is 0.323 e. The number of aromatic amines is 2. The number of imidazole rings is 1. The van der Waals surface area contributed by atoms with Crippen LogP contribution in [0.25, 0.3) is 11.3 Å². The number of nitrogens with one attached hydrogen (secondary N) is 3. The van der Waals surface area contributed by atoms with Crippen LogP contribution in [0.4, 0.5) is 5.82 Å². The molecule has 0 aliphatic carbocycles. The molecule has 1 aromatic carbocycles. The highest BCUT2D eigenvalue weighted by Gasteiger charge is 2.01. The highest BCUT2D eigenvalue weighted by molar-refractivity contribution is 6.30. The minimum Gasteiger partial charge on any atom is -0.370 e. The van der Waals surface area contributed by atoms with Gasteiger partial charge in [0.1, 0.15) is 5.82 Å². The average molecular weight is 315 g/mol. The zero-order valence-electron chi connectivity index (χ0n) is 11.8. The van der Waals surface area contributed by atoms with Crippen molar-refractivity contribution in [2.45, 2.75) is 6.42 Å². The van der Waals surface area contributed by atoms with E-state index in [1.165, 1.54) is 5.56 Å². The number of rotatable bonds is 5. The molecule has 2 aromatic heterocycles. The summed E-state index contributed by atoms with van der Waals surface area (Å²) >= 11 is 5.86. The zero-order chi connectivity index (χ0) is 15.4. The summed E-state index contributed by atoms with van der Waals surface area (Å²) in [6.45, 7) is 0.787. The molecule has 0 saturated carbocycles. The van der Waals surface area contributed by atoms with E-state index in [2.05, 4.69) is 20.3 Å². The van der Waals surface area contributed by atoms with Crippen LogP contribution in [0.15, 0.2) is 53.6 Å². The number of nitrogens with zero attached hydrogens (tertiary/aromatic N) is 1. The first-order valence-electron chi connectivity index (χ1n) is 6.93. The fourth-order valence-corrected chi connectivity index (χ4v) is 2.26. The average Bonchev–Trinajstić information content (AvgIpc) is 2.97. The molecule has 0 unspecified atom stereocenters. The quantitative estimate of drug-likeness (QED) is 0.677. The molecule has 5 nitrogen and oxygen atoms in total. The van der Waals surface area contributed by atoms with Crippen molar-refractivity contribution in [1.29, 1.82) is 0 Å². The van der Waals surface area contributed by atoms with Crippen LogP contribution < -0.4 is 11.0 Å². The zero-order valence-corrected chi connectivity index (χ0v) is 12.5. The lowest BCUT2D eigenvalue weighted by molar-refractivity contribution is 1.01. The number of aromatic nitrogens is 3. The van der Waals surface area contributed by atoms with Gasteiger partial charge in [-0.3, -0.25) is 0 Å². The highest BCUT2D eigenvalue weighted by Crippen LogP contribution is 2.15. The molecule has 22 heavy (non-hydrogen) atoms. The van der Waals surface area contributed by atoms with E-state index in [9.17, 15) is 4.79 Å². The van der Waals surface area contributed by atoms with E-state index in [4.69, 9.17) is 11.6 Å². The van der Waals surface area contributed by atoms with Gasteiger partial charge < -0.3 is 15.3 Å². The minimum absolute atomic E-state index is 0.222. The van der Waals surface area contributed by atoms with Crippen LogP contribution in [0, 0.1) is 0 Å². The first-order chi connectivity index (χ1) is 10.7. The molecule has 0 bridgehead atoms. The Bertz CT molecular complexity index is 790. The maximum absolute atomic E-state index is 11.1. The second-order valence-electron chi connectivity index (χ2n) is 4.89. The molecule has 3 N–H and O–H groups in total. The summed E-state index contributed by atoms with van der Waals surface area (Å²) in [7, 11) is 0. The molecule has 0 aliphatic rings. The van der Waals surface area contributed by atoms with Gasteiger partial charge in [-0.1, -0.05) is 23.7 Å². The normalized spacial score (nSPS) is 10.6. The van der Waals surface area contributed by atoms with Crippen molar-refractivity contribution in [2.24, 2.45) is 0 Å². The van der Waals surface area contributed by atoms with Crippen LogP contribution in [0.1, 0.15) is 5.56 Å². The number of pyridine rings is 1. The summed E-state index contributed by atoms with van der Waals surface area (Å²) in [4.78, 5) is 20.7. The van der Waals surface area contributed by atoms with Crippen LogP contribution in [0.5, 0.6) is 0 Å². The molecule has 2 heterocycles. The van der Waals surface area contributed by atoms with Crippen molar-refractivity contribution >= 4 is 17.4 Å². The number of hydrogen-bond acceptors (Lipinski definition) is 3. The Morgan fingerprint density at radius 3 is 2.59 bits per heavy atom. The summed E-state index contributed by atoms with van der Waals surface area (Å²) in [6.07, 6.45) is 4.25. The van der Waals surface area contributed by atoms with Gasteiger partial charge in [0.15, 0.2) is 0 Å². The molecule has 0 atom stereocenters. The number of anilines is 1. The third-order valence-electron chi connectivity index (χ3n) is 3.30. The minimum atomic E-state index is -0.222. The molecular formula is C16H15ClN4O. The Morgan fingerprint density at radius 2 is 1.95 bits per heavy atom. The first kappa shape index (κ1) is 14.4. The fourth-order valence-electron chi connectivity index (χ4n) is 2.13. The lowest BCUT2D eigenvalue weighted by Crippen LogP contribution is -2.06. The predicted molar refractivity (Wildman–Crippen MR) is 88.3 cm³/mol. The highest BCUT2D eigenvalue weighted by atomic mass is 35.5. The number of benzene rings is 1. The van der Waals surface area contributed by atoms with Gasteiger partial charge in [0.2, 0.25) is 0 Å². The molecule has 3 rings (SSSR count). The third kappa shape index (κ3) is 3.56. The van der Waals surface area contributed by atoms with Crippen molar-refractivity contribution < 1.29 is 0 Å². The van der Waals surface area contributed by atoms with Gasteiger partial charge in [-0.05, 0) is 36.2 Å². The van der Waals surface area contributed by atoms with E-state index in [0.29, 0.717) is 0 Å². The Kier molecular flexibility index (Phi) is 4.25. The predicted octanol–water partition coefficient (Wildman–Crippen LogP) is 3.07. The molecular weight excluding hydrogens is 300 g/mol. The summed E-state index contributed by atoms with van der Waals surface area (Å²) < 4.78 is 0. The van der Waals surface area contributed by atoms with Crippen LogP contribution in [-0.4, -0.2) is 21.5 Å². The van der Waals surface area contributed by atoms with Crippen LogP contribution in [0.2, 0.25) is 5.02 Å². The maximum atomic E-state index is 11.1. The summed E-state index contributed by atoms with van der Waals surface area (Å²) in [5.74, 6) is 0.801. The second-order valence-corrected chi connectivity index (χ2v) is 5.33. The van der Waals surface area contributed by atoms with Gasteiger partial charge in [0.25, 0.3) is 0 Å². The van der Waals surface area contributed by atoms with Crippen molar-refractivity contribution in [3.05, 3.63) is 69.9 Å². The SMILES string of the molecule is O=c1[nH]cc(-c2ccc(NCCc3ccc(Cl)cc3)nc2)[nH]1. The van der Waals surface area contributed by atoms with Crippen LogP contribution >= 0.6 is 11.6 Å². The Hall–Kier alpha value is -2.53. The molecule has 0 saturated heterocycles. The number of hydrogen-bond donors (Lipinski definition) is 3. The van der Waals surface area contributed by atoms with Gasteiger partial charge in [-0.2, -0.15) is 0 Å². The van der Waals surface area contributed by atoms with Crippen molar-refractivity contribution in [3.63, 3.8) is 0 Å². The number of halogens is 1. The molecule has 0 spiro atoms. The molecule has 0 amide bonds. The first-order valence-corrected chi connectivity index (χ1v) is 7.31. The number of H-pyrrole nitrogens is 2. The smallest absolute Gasteiger partial charge is 0.323 e. The largest absolute Gasteiger partial charge is 0.370 e. The topological polar surface area (TPSA) is 73.6 Å². The van der Waals surface area contributed by atoms with Gasteiger partial charge in [-0.25, -0.2) is 9.78 Å². The summed E-state index contributed by atoms with van der Waals surface area (Å²) in [5.41, 5.74) is 2.59. The van der Waals surface area contributed by atoms with Crippen molar-refractivity contribution in [3.8, 4) is 11.3 Å². The molecule has 0 radical (unpaired) electrons. The van der Waals surface area contributed by atoms with Gasteiger partial charge in [0.05, 0.1) is 5.69 Å². The fraction of sp³-hybridized carbons (Fsp3) is 0.125. The Balaban J connectivity index is 1.57. The molecule has 0 fully saturated rings. The Morgan fingerprint density at radius 1 is 1.14 bits per heavy atom. The lowest BCUT2D eigenvalue weighted by Gasteiger charge is -2.06. The third-order valence-corrected chi connectivity index (χ3v) is 3.56. The van der Waals surface area contributed by atoms with Gasteiger partial charge in [0, 0.05) is 29.5 Å². The summed E-state index contributed by atoms with van der Waals surface area (Å²) in [5, 5.41) is 4.01. The lowest BCUT2D eigenvalue weighted by atomic mass is 10.1. The van der Waals surface area contributed by atoms with Gasteiger partial charge >= 0.3 is 5.69 Å². The van der Waals surface area contributed by atoms with E-state index in [1.807, 2.05) is 36.4 Å². The van der Waals surface area contributed by atoms with E-state index in [0.717, 1.165) is 35.1 Å². The van der Waals surface area contributed by atoms with Crippen LogP contribution in [-0.2, 0) is 6.42 Å². The van der Waals surface area contributed by atoms with E-state index >= 15 is 0 Å². The molecule has 3 aromatic rings. The standard InChI is InChI=1S/C16H15ClN4O/c17-13-4-1-11(2-5-13)7-8-18-15-6-3-12(9-19-15)14-10-20-16(22)21-14/h1-6,9-10H,7-8H2,(H,18,19)(H2,20,21,22). The molecule has 0 aliphatic heterocycles. The summed E-state index contributed by atoms with van der Waals surface area (Å²) in [6, 6.07) is 11.6. The van der Waals surface area contributed by atoms with Crippen LogP contribution in [0.3, 0.4) is 0 Å². The monoisotopic (exact) mass is 314 g/mol. The van der Waals surface area contributed by atoms with E-state index < -0.39 is 0 Å². The van der Waals surface area contributed by atoms with E-state index in [-0.39, 0.29) is 5.69 Å². The van der Waals surface area contributed by atoms with E-state index in [1.54, 1.807) is 12.4 Å². The Labute approximate surface area is 132 Å². The van der Waals surface area contributed by atoms with Gasteiger partial charge in [-0.15, -0.1) is 0 Å².